The highest BCUT2D eigenvalue weighted by Gasteiger charge is 2.30. The molecule has 0 aromatic carbocycles. The van der Waals surface area contributed by atoms with Crippen LogP contribution in [0.2, 0.25) is 0 Å². The van der Waals surface area contributed by atoms with Crippen molar-refractivity contribution in [1.29, 1.82) is 0 Å². The van der Waals surface area contributed by atoms with Gasteiger partial charge in [0.2, 0.25) is 12.1 Å². The second-order valence-electron chi connectivity index (χ2n) is 9.53. The lowest BCUT2D eigenvalue weighted by molar-refractivity contribution is -0.366. The smallest absolute Gasteiger partial charge is 0.242 e. The highest BCUT2D eigenvalue weighted by molar-refractivity contribution is 7.26. The summed E-state index contributed by atoms with van der Waals surface area (Å²) in [6, 6.07) is 0. The molecular weight excluding hydrogens is 390 g/mol. The third-order valence-corrected chi connectivity index (χ3v) is 8.56. The van der Waals surface area contributed by atoms with Gasteiger partial charge in [0.25, 0.3) is 0 Å². The minimum atomic E-state index is 0.835. The van der Waals surface area contributed by atoms with Crippen LogP contribution >= 0.6 is 11.3 Å². The number of aromatic amines is 1. The molecule has 2 aliphatic heterocycles. The fourth-order valence-corrected chi connectivity index (χ4v) is 6.88. The number of pyridine rings is 1. The van der Waals surface area contributed by atoms with Crippen LogP contribution in [0.15, 0.2) is 6.33 Å². The summed E-state index contributed by atoms with van der Waals surface area (Å²) in [6.45, 7) is 6.98. The molecule has 0 atom stereocenters. The summed E-state index contributed by atoms with van der Waals surface area (Å²) in [4.78, 5) is 20.0. The molecule has 0 amide bonds. The van der Waals surface area contributed by atoms with Crippen molar-refractivity contribution < 1.29 is 4.98 Å². The number of anilines is 2. The quantitative estimate of drug-likeness (QED) is 0.597. The molecule has 0 spiro atoms. The topological polar surface area (TPSA) is 46.4 Å². The largest absolute Gasteiger partial charge is 0.356 e. The van der Waals surface area contributed by atoms with Crippen LogP contribution in [0.3, 0.4) is 0 Å². The maximum absolute atomic E-state index is 5.32. The number of piperidine rings is 2. The van der Waals surface area contributed by atoms with Crippen molar-refractivity contribution in [3.05, 3.63) is 17.5 Å². The standard InChI is InChI=1S/C24H31N5S/c1-16-9-13-29(14-10-16)23-21-20(25-15-26-23)19-17-7-3-4-8-18(17)22(27-24(19)30-21)28-11-5-2-6-12-28/h15-16H,2-14H2,1H3/p+1. The van der Waals surface area contributed by atoms with Gasteiger partial charge >= 0.3 is 0 Å². The lowest BCUT2D eigenvalue weighted by Crippen LogP contribution is -2.36. The number of fused-ring (bicyclic) bond motifs is 5. The molecule has 158 valence electrons. The van der Waals surface area contributed by atoms with E-state index in [0.29, 0.717) is 0 Å². The van der Waals surface area contributed by atoms with Gasteiger partial charge in [0.05, 0.1) is 18.5 Å². The number of rotatable bonds is 2. The Morgan fingerprint density at radius 1 is 0.933 bits per heavy atom. The molecule has 0 saturated carbocycles. The first kappa shape index (κ1) is 18.8. The molecule has 0 radical (unpaired) electrons. The van der Waals surface area contributed by atoms with Crippen LogP contribution < -0.4 is 14.8 Å². The molecule has 0 unspecified atom stereocenters. The average Bonchev–Trinajstić information content (AvgIpc) is 3.19. The number of hydrogen-bond acceptors (Lipinski definition) is 5. The number of thiophene rings is 1. The molecule has 5 nitrogen and oxygen atoms in total. The highest BCUT2D eigenvalue weighted by Crippen LogP contribution is 2.43. The van der Waals surface area contributed by atoms with Crippen LogP contribution in [0, 0.1) is 5.92 Å². The second-order valence-corrected chi connectivity index (χ2v) is 10.5. The molecule has 3 aromatic rings. The van der Waals surface area contributed by atoms with E-state index >= 15 is 0 Å². The molecule has 2 fully saturated rings. The number of aromatic nitrogens is 3. The zero-order chi connectivity index (χ0) is 20.1. The summed E-state index contributed by atoms with van der Waals surface area (Å²) in [5, 5.41) is 1.35. The molecule has 30 heavy (non-hydrogen) atoms. The Bertz CT molecular complexity index is 1080. The van der Waals surface area contributed by atoms with Crippen LogP contribution in [0.5, 0.6) is 0 Å². The fraction of sp³-hybridized carbons (Fsp3) is 0.625. The van der Waals surface area contributed by atoms with E-state index in [1.54, 1.807) is 5.56 Å². The summed E-state index contributed by atoms with van der Waals surface area (Å²) in [5.74, 6) is 3.39. The van der Waals surface area contributed by atoms with Crippen molar-refractivity contribution in [3.8, 4) is 0 Å². The van der Waals surface area contributed by atoms with Gasteiger partial charge < -0.3 is 4.90 Å². The summed E-state index contributed by atoms with van der Waals surface area (Å²) in [7, 11) is 0. The lowest BCUT2D eigenvalue weighted by atomic mass is 9.89. The Kier molecular flexibility index (Phi) is 4.78. The van der Waals surface area contributed by atoms with E-state index in [9.17, 15) is 0 Å². The van der Waals surface area contributed by atoms with Crippen LogP contribution in [0.25, 0.3) is 20.4 Å². The van der Waals surface area contributed by atoms with Gasteiger partial charge in [-0.1, -0.05) is 6.92 Å². The third-order valence-electron chi connectivity index (χ3n) is 7.48. The van der Waals surface area contributed by atoms with Gasteiger partial charge in [0, 0.05) is 13.1 Å². The van der Waals surface area contributed by atoms with Gasteiger partial charge in [0.1, 0.15) is 15.3 Å². The van der Waals surface area contributed by atoms with E-state index in [1.807, 2.05) is 17.7 Å². The van der Waals surface area contributed by atoms with Crippen LogP contribution in [0.1, 0.15) is 63.0 Å². The molecule has 5 heterocycles. The molecule has 1 aliphatic carbocycles. The molecule has 6 rings (SSSR count). The molecule has 3 aliphatic rings. The summed E-state index contributed by atoms with van der Waals surface area (Å²) in [5.41, 5.74) is 4.26. The van der Waals surface area contributed by atoms with E-state index in [1.165, 1.54) is 109 Å². The van der Waals surface area contributed by atoms with E-state index in [-0.39, 0.29) is 0 Å². The Morgan fingerprint density at radius 2 is 1.70 bits per heavy atom. The van der Waals surface area contributed by atoms with Crippen molar-refractivity contribution >= 4 is 43.4 Å². The SMILES string of the molecule is CC1CCN(c2[nH+]cnc3c2sc2nc(N4CCCCC4)c4c(c23)CCCC4)CC1. The van der Waals surface area contributed by atoms with Crippen molar-refractivity contribution in [2.75, 3.05) is 36.0 Å². The summed E-state index contributed by atoms with van der Waals surface area (Å²) < 4.78 is 1.30. The maximum Gasteiger partial charge on any atom is 0.242 e. The van der Waals surface area contributed by atoms with E-state index in [2.05, 4.69) is 21.7 Å². The molecule has 6 heteroatoms. The van der Waals surface area contributed by atoms with Crippen molar-refractivity contribution in [3.63, 3.8) is 0 Å². The van der Waals surface area contributed by atoms with Gasteiger partial charge in [-0.05, 0) is 74.8 Å². The zero-order valence-corrected chi connectivity index (χ0v) is 18.9. The Labute approximate surface area is 182 Å². The molecule has 3 aromatic heterocycles. The lowest BCUT2D eigenvalue weighted by Gasteiger charge is -2.31. The predicted molar refractivity (Wildman–Crippen MR) is 125 cm³/mol. The summed E-state index contributed by atoms with van der Waals surface area (Å²) >= 11 is 1.86. The average molecular weight is 423 g/mol. The maximum atomic E-state index is 5.32. The first-order chi connectivity index (χ1) is 14.8. The Balaban J connectivity index is 1.53. The highest BCUT2D eigenvalue weighted by atomic mass is 32.1. The van der Waals surface area contributed by atoms with E-state index in [0.717, 1.165) is 19.0 Å². The van der Waals surface area contributed by atoms with Gasteiger partial charge in [-0.2, -0.15) is 0 Å². The van der Waals surface area contributed by atoms with Gasteiger partial charge in [0.15, 0.2) is 5.52 Å². The van der Waals surface area contributed by atoms with E-state index < -0.39 is 0 Å². The number of nitrogens with zero attached hydrogens (tertiary/aromatic N) is 4. The number of nitrogens with one attached hydrogen (secondary N) is 1. The normalized spacial score (nSPS) is 20.8. The summed E-state index contributed by atoms with van der Waals surface area (Å²) in [6.07, 6.45) is 13.4. The van der Waals surface area contributed by atoms with Crippen molar-refractivity contribution in [2.45, 2.75) is 64.7 Å². The fourth-order valence-electron chi connectivity index (χ4n) is 5.69. The first-order valence-corrected chi connectivity index (χ1v) is 12.8. The van der Waals surface area contributed by atoms with E-state index in [4.69, 9.17) is 9.97 Å². The van der Waals surface area contributed by atoms with Crippen LogP contribution in [-0.4, -0.2) is 36.1 Å². The minimum absolute atomic E-state index is 0.835. The number of hydrogen-bond donors (Lipinski definition) is 0. The molecule has 1 N–H and O–H groups in total. The Hall–Kier alpha value is -1.95. The number of aryl methyl sites for hydroxylation is 1. The monoisotopic (exact) mass is 422 g/mol. The van der Waals surface area contributed by atoms with Crippen LogP contribution in [0.4, 0.5) is 11.6 Å². The third kappa shape index (κ3) is 3.06. The molecule has 0 bridgehead atoms. The van der Waals surface area contributed by atoms with Gasteiger partial charge in [-0.3, -0.25) is 4.90 Å². The van der Waals surface area contributed by atoms with Gasteiger partial charge in [-0.15, -0.1) is 16.3 Å². The molecular formula is C24H32N5S+. The van der Waals surface area contributed by atoms with Crippen LogP contribution in [-0.2, 0) is 12.8 Å². The van der Waals surface area contributed by atoms with Gasteiger partial charge in [-0.25, -0.2) is 9.97 Å². The predicted octanol–water partition coefficient (Wildman–Crippen LogP) is 4.76. The Morgan fingerprint density at radius 3 is 2.50 bits per heavy atom. The molecule has 2 saturated heterocycles. The number of H-pyrrole nitrogens is 1. The minimum Gasteiger partial charge on any atom is -0.356 e. The second kappa shape index (κ2) is 7.63. The zero-order valence-electron chi connectivity index (χ0n) is 18.0. The first-order valence-electron chi connectivity index (χ1n) is 11.9. The van der Waals surface area contributed by atoms with Crippen molar-refractivity contribution in [1.82, 2.24) is 9.97 Å². The van der Waals surface area contributed by atoms with Crippen molar-refractivity contribution in [2.24, 2.45) is 5.92 Å².